The third-order valence-corrected chi connectivity index (χ3v) is 5.56. The zero-order valence-corrected chi connectivity index (χ0v) is 17.0. The van der Waals surface area contributed by atoms with Crippen molar-refractivity contribution < 1.29 is 23.6 Å². The number of fused-ring (bicyclic) bond motifs is 2. The van der Waals surface area contributed by atoms with Crippen LogP contribution in [-0.4, -0.2) is 45.8 Å². The number of nitrogens with zero attached hydrogens (tertiary/aromatic N) is 6. The minimum absolute atomic E-state index is 0.0185. The predicted molar refractivity (Wildman–Crippen MR) is 108 cm³/mol. The molecule has 1 aromatic heterocycles. The molecule has 3 aromatic rings. The molecule has 11 nitrogen and oxygen atoms in total. The number of hydrogen-bond donors (Lipinski definition) is 0. The van der Waals surface area contributed by atoms with E-state index in [0.717, 1.165) is 4.90 Å². The Morgan fingerprint density at radius 2 is 1.94 bits per heavy atom. The molecular formula is C20H13ClN6O5. The van der Waals surface area contributed by atoms with Gasteiger partial charge in [0.15, 0.2) is 23.6 Å². The second-order valence-corrected chi connectivity index (χ2v) is 7.70. The molecule has 4 heterocycles. The Morgan fingerprint density at radius 3 is 2.81 bits per heavy atom. The fourth-order valence-electron chi connectivity index (χ4n) is 3.83. The van der Waals surface area contributed by atoms with Gasteiger partial charge in [0.2, 0.25) is 18.5 Å². The summed E-state index contributed by atoms with van der Waals surface area (Å²) in [7, 11) is 0. The van der Waals surface area contributed by atoms with E-state index in [-0.39, 0.29) is 19.2 Å². The molecule has 3 aliphatic heterocycles. The van der Waals surface area contributed by atoms with Gasteiger partial charge in [-0.05, 0) is 36.4 Å². The van der Waals surface area contributed by atoms with Gasteiger partial charge in [-0.2, -0.15) is 10.1 Å². The normalized spacial score (nSPS) is 21.0. The van der Waals surface area contributed by atoms with Crippen LogP contribution < -0.4 is 14.4 Å². The van der Waals surface area contributed by atoms with E-state index in [4.69, 9.17) is 25.6 Å². The average molecular weight is 453 g/mol. The van der Waals surface area contributed by atoms with Crippen molar-refractivity contribution in [1.82, 2.24) is 15.1 Å². The molecule has 0 saturated carbocycles. The molecule has 12 heteroatoms. The molecule has 0 aliphatic carbocycles. The van der Waals surface area contributed by atoms with Crippen molar-refractivity contribution in [2.45, 2.75) is 18.6 Å². The quantitative estimate of drug-likeness (QED) is 0.553. The zero-order valence-electron chi connectivity index (χ0n) is 16.2. The van der Waals surface area contributed by atoms with Crippen LogP contribution >= 0.6 is 11.6 Å². The number of carbonyl (C=O) groups is 2. The topological polar surface area (TPSA) is 123 Å². The molecule has 160 valence electrons. The van der Waals surface area contributed by atoms with Crippen LogP contribution in [0.4, 0.5) is 5.69 Å². The van der Waals surface area contributed by atoms with Crippen LogP contribution in [0.1, 0.15) is 5.89 Å². The van der Waals surface area contributed by atoms with Crippen molar-refractivity contribution in [3.8, 4) is 22.9 Å². The Balaban J connectivity index is 1.22. The minimum Gasteiger partial charge on any atom is -0.454 e. The number of anilines is 1. The summed E-state index contributed by atoms with van der Waals surface area (Å²) >= 11 is 6.02. The number of ether oxygens (including phenoxy) is 2. The molecular weight excluding hydrogens is 440 g/mol. The van der Waals surface area contributed by atoms with Gasteiger partial charge in [-0.1, -0.05) is 28.0 Å². The molecule has 0 spiro atoms. The second-order valence-electron chi connectivity index (χ2n) is 7.26. The SMILES string of the molecule is O=C1[C@@H]2N=NN(Cc3nc(-c4ccc5c(c4)OCO5)no3)[C@H]2C(=O)N1c1cccc(Cl)c1. The first-order valence-corrected chi connectivity index (χ1v) is 10.00. The third-order valence-electron chi connectivity index (χ3n) is 5.32. The number of amides is 2. The van der Waals surface area contributed by atoms with Crippen LogP contribution in [0.3, 0.4) is 0 Å². The molecule has 0 bridgehead atoms. The zero-order chi connectivity index (χ0) is 21.8. The first-order chi connectivity index (χ1) is 15.6. The summed E-state index contributed by atoms with van der Waals surface area (Å²) in [6.07, 6.45) is 0. The van der Waals surface area contributed by atoms with Gasteiger partial charge in [0.05, 0.1) is 5.69 Å². The van der Waals surface area contributed by atoms with Crippen LogP contribution in [0.2, 0.25) is 5.02 Å². The Morgan fingerprint density at radius 1 is 1.06 bits per heavy atom. The lowest BCUT2D eigenvalue weighted by molar-refractivity contribution is -0.123. The Bertz CT molecular complexity index is 1290. The number of benzene rings is 2. The van der Waals surface area contributed by atoms with Crippen LogP contribution in [0.25, 0.3) is 11.4 Å². The smallest absolute Gasteiger partial charge is 0.263 e. The molecule has 2 amide bonds. The molecule has 0 N–H and O–H groups in total. The molecule has 6 rings (SSSR count). The van der Waals surface area contributed by atoms with Gasteiger partial charge in [0, 0.05) is 10.6 Å². The van der Waals surface area contributed by atoms with Crippen molar-refractivity contribution in [3.05, 3.63) is 53.4 Å². The fraction of sp³-hybridized carbons (Fsp3) is 0.200. The van der Waals surface area contributed by atoms with E-state index in [1.54, 1.807) is 42.5 Å². The predicted octanol–water partition coefficient (Wildman–Crippen LogP) is 2.61. The number of aromatic nitrogens is 2. The molecule has 32 heavy (non-hydrogen) atoms. The van der Waals surface area contributed by atoms with E-state index in [1.807, 2.05) is 0 Å². The Labute approximate surface area is 185 Å². The lowest BCUT2D eigenvalue weighted by Gasteiger charge is -2.19. The van der Waals surface area contributed by atoms with Gasteiger partial charge in [0.1, 0.15) is 6.54 Å². The number of hydrogen-bond acceptors (Lipinski definition) is 10. The first kappa shape index (κ1) is 18.8. The van der Waals surface area contributed by atoms with E-state index in [0.29, 0.717) is 33.6 Å². The number of rotatable bonds is 4. The highest BCUT2D eigenvalue weighted by Gasteiger charge is 2.55. The fourth-order valence-corrected chi connectivity index (χ4v) is 4.02. The molecule has 3 aliphatic rings. The standard InChI is InChI=1S/C20H13ClN6O5/c21-11-2-1-3-12(7-11)27-19(28)16-17(20(27)29)26(25-23-16)8-15-22-18(24-32-15)10-4-5-13-14(6-10)31-9-30-13/h1-7,16-17H,8-9H2/t16-,17-/m1/s1. The lowest BCUT2D eigenvalue weighted by Crippen LogP contribution is -2.39. The summed E-state index contributed by atoms with van der Waals surface area (Å²) in [5, 5.41) is 13.8. The van der Waals surface area contributed by atoms with Gasteiger partial charge in [-0.25, -0.2) is 4.90 Å². The first-order valence-electron chi connectivity index (χ1n) is 9.62. The molecule has 1 saturated heterocycles. The largest absolute Gasteiger partial charge is 0.454 e. The van der Waals surface area contributed by atoms with Gasteiger partial charge in [-0.3, -0.25) is 14.6 Å². The van der Waals surface area contributed by atoms with E-state index < -0.39 is 23.9 Å². The highest BCUT2D eigenvalue weighted by atomic mass is 35.5. The van der Waals surface area contributed by atoms with Crippen molar-refractivity contribution in [2.75, 3.05) is 11.7 Å². The van der Waals surface area contributed by atoms with Crippen molar-refractivity contribution >= 4 is 29.1 Å². The summed E-state index contributed by atoms with van der Waals surface area (Å²) in [5.74, 6) is 0.915. The second kappa shape index (κ2) is 7.02. The summed E-state index contributed by atoms with van der Waals surface area (Å²) < 4.78 is 16.0. The maximum Gasteiger partial charge on any atom is 0.263 e. The van der Waals surface area contributed by atoms with Gasteiger partial charge in [-0.15, -0.1) is 0 Å². The van der Waals surface area contributed by atoms with Crippen molar-refractivity contribution in [2.24, 2.45) is 10.3 Å². The lowest BCUT2D eigenvalue weighted by atomic mass is 10.1. The van der Waals surface area contributed by atoms with Crippen molar-refractivity contribution in [3.63, 3.8) is 0 Å². The Kier molecular flexibility index (Phi) is 4.12. The van der Waals surface area contributed by atoms with Crippen molar-refractivity contribution in [1.29, 1.82) is 0 Å². The monoisotopic (exact) mass is 452 g/mol. The number of halogens is 1. The summed E-state index contributed by atoms with van der Waals surface area (Å²) in [6, 6.07) is 10.0. The van der Waals surface area contributed by atoms with Crippen LogP contribution in [0.5, 0.6) is 11.5 Å². The maximum atomic E-state index is 13.1. The van der Waals surface area contributed by atoms with Gasteiger partial charge < -0.3 is 14.0 Å². The average Bonchev–Trinajstić information content (AvgIpc) is 3.55. The molecule has 0 unspecified atom stereocenters. The van der Waals surface area contributed by atoms with Crippen LogP contribution in [0.15, 0.2) is 57.3 Å². The number of imide groups is 1. The molecule has 1 fully saturated rings. The van der Waals surface area contributed by atoms with E-state index in [9.17, 15) is 9.59 Å². The maximum absolute atomic E-state index is 13.1. The van der Waals surface area contributed by atoms with Crippen LogP contribution in [-0.2, 0) is 16.1 Å². The molecule has 2 aromatic carbocycles. The minimum atomic E-state index is -0.933. The molecule has 0 radical (unpaired) electrons. The summed E-state index contributed by atoms with van der Waals surface area (Å²) in [4.78, 5) is 31.3. The number of carbonyl (C=O) groups excluding carboxylic acids is 2. The molecule has 2 atom stereocenters. The van der Waals surface area contributed by atoms with Gasteiger partial charge >= 0.3 is 0 Å². The third kappa shape index (κ3) is 2.89. The summed E-state index contributed by atoms with van der Waals surface area (Å²) in [6.45, 7) is 0.183. The van der Waals surface area contributed by atoms with Crippen LogP contribution in [0, 0.1) is 0 Å². The highest BCUT2D eigenvalue weighted by molar-refractivity contribution is 6.31. The van der Waals surface area contributed by atoms with E-state index in [1.165, 1.54) is 5.01 Å². The van der Waals surface area contributed by atoms with E-state index in [2.05, 4.69) is 20.5 Å². The van der Waals surface area contributed by atoms with E-state index >= 15 is 0 Å². The Hall–Kier alpha value is -3.99. The summed E-state index contributed by atoms with van der Waals surface area (Å²) in [5.41, 5.74) is 1.07. The van der Waals surface area contributed by atoms with Gasteiger partial charge in [0.25, 0.3) is 11.8 Å². The highest BCUT2D eigenvalue weighted by Crippen LogP contribution is 2.36.